The molecule has 0 spiro atoms. The molecule has 0 N–H and O–H groups in total. The summed E-state index contributed by atoms with van der Waals surface area (Å²) in [4.78, 5) is 12.9. The van der Waals surface area contributed by atoms with Crippen molar-refractivity contribution in [3.8, 4) is 22.5 Å². The first-order valence-electron chi connectivity index (χ1n) is 5.72. The van der Waals surface area contributed by atoms with Gasteiger partial charge in [-0.05, 0) is 12.1 Å². The molecule has 0 bridgehead atoms. The first-order chi connectivity index (χ1) is 8.95. The molecule has 0 atom stereocenters. The highest BCUT2D eigenvalue weighted by Gasteiger charge is 2.08. The van der Waals surface area contributed by atoms with E-state index >= 15 is 0 Å². The maximum absolute atomic E-state index is 4.46. The Hall–Kier alpha value is -2.55. The van der Waals surface area contributed by atoms with Crippen molar-refractivity contribution in [2.75, 3.05) is 0 Å². The van der Waals surface area contributed by atoms with Crippen LogP contribution in [0.3, 0.4) is 0 Å². The molecule has 3 nitrogen and oxygen atoms in total. The lowest BCUT2D eigenvalue weighted by Crippen LogP contribution is -1.91. The van der Waals surface area contributed by atoms with Crippen molar-refractivity contribution in [3.63, 3.8) is 0 Å². The molecular formula is C15H11N3. The topological polar surface area (TPSA) is 38.7 Å². The minimum absolute atomic E-state index is 0.837. The molecule has 0 aliphatic heterocycles. The number of pyridine rings is 1. The quantitative estimate of drug-likeness (QED) is 0.682. The second-order valence-electron chi connectivity index (χ2n) is 3.86. The fourth-order valence-electron chi connectivity index (χ4n) is 1.88. The summed E-state index contributed by atoms with van der Waals surface area (Å²) in [7, 11) is 0. The molecule has 0 saturated carbocycles. The van der Waals surface area contributed by atoms with Gasteiger partial charge in [-0.2, -0.15) is 0 Å². The Bertz CT molecular complexity index is 578. The number of benzene rings is 1. The van der Waals surface area contributed by atoms with Gasteiger partial charge in [-0.3, -0.25) is 15.0 Å². The summed E-state index contributed by atoms with van der Waals surface area (Å²) in [6.07, 6.45) is 6.91. The van der Waals surface area contributed by atoms with Gasteiger partial charge < -0.3 is 0 Å². The highest BCUT2D eigenvalue weighted by atomic mass is 14.8. The summed E-state index contributed by atoms with van der Waals surface area (Å²) >= 11 is 0. The molecule has 0 saturated heterocycles. The molecule has 3 heteroatoms. The summed E-state index contributed by atoms with van der Waals surface area (Å²) in [5.74, 6) is 0. The van der Waals surface area contributed by atoms with Crippen molar-refractivity contribution < 1.29 is 0 Å². The Kier molecular flexibility index (Phi) is 2.80. The van der Waals surface area contributed by atoms with Gasteiger partial charge in [0.2, 0.25) is 0 Å². The number of nitrogens with zero attached hydrogens (tertiary/aromatic N) is 3. The van der Waals surface area contributed by atoms with Crippen LogP contribution in [0.4, 0.5) is 0 Å². The molecule has 3 rings (SSSR count). The molecule has 0 unspecified atom stereocenters. The molecule has 2 aromatic heterocycles. The van der Waals surface area contributed by atoms with Crippen LogP contribution in [-0.4, -0.2) is 15.0 Å². The predicted octanol–water partition coefficient (Wildman–Crippen LogP) is 3.21. The summed E-state index contributed by atoms with van der Waals surface area (Å²) in [5, 5.41) is 0. The molecule has 2 heterocycles. The molecule has 0 amide bonds. The SMILES string of the molecule is c1ccc(-c2ncccc2-c2cnccn2)cc1. The minimum Gasteiger partial charge on any atom is -0.261 e. The van der Waals surface area contributed by atoms with Crippen LogP contribution >= 0.6 is 0 Å². The van der Waals surface area contributed by atoms with Crippen molar-refractivity contribution in [1.29, 1.82) is 0 Å². The second-order valence-corrected chi connectivity index (χ2v) is 3.86. The molecule has 0 aliphatic carbocycles. The maximum atomic E-state index is 4.46. The lowest BCUT2D eigenvalue weighted by molar-refractivity contribution is 1.20. The molecular weight excluding hydrogens is 222 g/mol. The van der Waals surface area contributed by atoms with Crippen LogP contribution < -0.4 is 0 Å². The number of aromatic nitrogens is 3. The van der Waals surface area contributed by atoms with E-state index in [1.54, 1.807) is 24.8 Å². The zero-order valence-electron chi connectivity index (χ0n) is 9.69. The number of hydrogen-bond donors (Lipinski definition) is 0. The number of hydrogen-bond acceptors (Lipinski definition) is 3. The lowest BCUT2D eigenvalue weighted by Gasteiger charge is -2.07. The first-order valence-corrected chi connectivity index (χ1v) is 5.72. The van der Waals surface area contributed by atoms with E-state index in [4.69, 9.17) is 0 Å². The molecule has 0 fully saturated rings. The Morgan fingerprint density at radius 1 is 0.722 bits per heavy atom. The van der Waals surface area contributed by atoms with E-state index in [2.05, 4.69) is 15.0 Å². The van der Waals surface area contributed by atoms with Gasteiger partial charge in [-0.25, -0.2) is 0 Å². The summed E-state index contributed by atoms with van der Waals surface area (Å²) in [5.41, 5.74) is 3.85. The van der Waals surface area contributed by atoms with Gasteiger partial charge in [0, 0.05) is 29.7 Å². The Morgan fingerprint density at radius 2 is 1.61 bits per heavy atom. The van der Waals surface area contributed by atoms with E-state index in [9.17, 15) is 0 Å². The first kappa shape index (κ1) is 10.6. The summed E-state index contributed by atoms with van der Waals surface area (Å²) in [6.45, 7) is 0. The van der Waals surface area contributed by atoms with Crippen molar-refractivity contribution in [3.05, 3.63) is 67.3 Å². The highest BCUT2D eigenvalue weighted by Crippen LogP contribution is 2.27. The van der Waals surface area contributed by atoms with Gasteiger partial charge in [0.15, 0.2) is 0 Å². The average molecular weight is 233 g/mol. The van der Waals surface area contributed by atoms with Crippen LogP contribution in [0, 0.1) is 0 Å². The van der Waals surface area contributed by atoms with E-state index in [0.717, 1.165) is 22.5 Å². The minimum atomic E-state index is 0.837. The predicted molar refractivity (Wildman–Crippen MR) is 70.7 cm³/mol. The average Bonchev–Trinajstić information content (AvgIpc) is 2.49. The van der Waals surface area contributed by atoms with Gasteiger partial charge in [-0.1, -0.05) is 30.3 Å². The third-order valence-corrected chi connectivity index (χ3v) is 2.69. The van der Waals surface area contributed by atoms with Crippen LogP contribution in [0.2, 0.25) is 0 Å². The summed E-state index contributed by atoms with van der Waals surface area (Å²) < 4.78 is 0. The largest absolute Gasteiger partial charge is 0.261 e. The Labute approximate surface area is 105 Å². The standard InChI is InChI=1S/C15H11N3/c1-2-5-12(6-3-1)15-13(7-4-8-18-15)14-11-16-9-10-17-14/h1-11H. The van der Waals surface area contributed by atoms with Crippen LogP contribution in [0.25, 0.3) is 22.5 Å². The zero-order valence-corrected chi connectivity index (χ0v) is 9.69. The Balaban J connectivity index is 2.18. The summed E-state index contributed by atoms with van der Waals surface area (Å²) in [6, 6.07) is 14.0. The van der Waals surface area contributed by atoms with Crippen molar-refractivity contribution in [2.45, 2.75) is 0 Å². The van der Waals surface area contributed by atoms with E-state index in [0.29, 0.717) is 0 Å². The second kappa shape index (κ2) is 4.75. The highest BCUT2D eigenvalue weighted by molar-refractivity contribution is 5.78. The molecule has 1 aromatic carbocycles. The van der Waals surface area contributed by atoms with Gasteiger partial charge in [0.25, 0.3) is 0 Å². The van der Waals surface area contributed by atoms with Crippen molar-refractivity contribution in [2.24, 2.45) is 0 Å². The van der Waals surface area contributed by atoms with E-state index in [1.165, 1.54) is 0 Å². The van der Waals surface area contributed by atoms with Crippen LogP contribution in [0.5, 0.6) is 0 Å². The van der Waals surface area contributed by atoms with E-state index < -0.39 is 0 Å². The van der Waals surface area contributed by atoms with Crippen molar-refractivity contribution >= 4 is 0 Å². The van der Waals surface area contributed by atoms with E-state index in [1.807, 2.05) is 42.5 Å². The molecule has 3 aromatic rings. The molecule has 0 aliphatic rings. The van der Waals surface area contributed by atoms with Crippen molar-refractivity contribution in [1.82, 2.24) is 15.0 Å². The van der Waals surface area contributed by atoms with E-state index in [-0.39, 0.29) is 0 Å². The fraction of sp³-hybridized carbons (Fsp3) is 0. The third-order valence-electron chi connectivity index (χ3n) is 2.69. The number of rotatable bonds is 2. The van der Waals surface area contributed by atoms with Crippen LogP contribution in [0.15, 0.2) is 67.3 Å². The smallest absolute Gasteiger partial charge is 0.0907 e. The van der Waals surface area contributed by atoms with Gasteiger partial charge in [0.05, 0.1) is 17.6 Å². The normalized spacial score (nSPS) is 10.2. The lowest BCUT2D eigenvalue weighted by atomic mass is 10.0. The maximum Gasteiger partial charge on any atom is 0.0907 e. The van der Waals surface area contributed by atoms with Gasteiger partial charge in [-0.15, -0.1) is 0 Å². The molecule has 0 radical (unpaired) electrons. The van der Waals surface area contributed by atoms with Gasteiger partial charge >= 0.3 is 0 Å². The Morgan fingerprint density at radius 3 is 2.39 bits per heavy atom. The van der Waals surface area contributed by atoms with Gasteiger partial charge in [0.1, 0.15) is 0 Å². The monoisotopic (exact) mass is 233 g/mol. The zero-order chi connectivity index (χ0) is 12.2. The van der Waals surface area contributed by atoms with Crippen LogP contribution in [0.1, 0.15) is 0 Å². The third kappa shape index (κ3) is 1.98. The van der Waals surface area contributed by atoms with Crippen LogP contribution in [-0.2, 0) is 0 Å². The molecule has 86 valence electrons. The molecule has 18 heavy (non-hydrogen) atoms. The fourth-order valence-corrected chi connectivity index (χ4v) is 1.88.